The highest BCUT2D eigenvalue weighted by atomic mass is 16.5. The van der Waals surface area contributed by atoms with Crippen LogP contribution in [0.25, 0.3) is 6.08 Å². The van der Waals surface area contributed by atoms with Crippen LogP contribution in [0.15, 0.2) is 11.6 Å². The average Bonchev–Trinajstić information content (AvgIpc) is 2.94. The largest absolute Gasteiger partial charge is 0.448 e. The number of aryl methyl sites for hydroxylation is 1. The van der Waals surface area contributed by atoms with E-state index in [-0.39, 0.29) is 17.5 Å². The van der Waals surface area contributed by atoms with Crippen LogP contribution in [0, 0.1) is 25.2 Å². The van der Waals surface area contributed by atoms with Crippen molar-refractivity contribution in [2.45, 2.75) is 84.9 Å². The van der Waals surface area contributed by atoms with E-state index in [1.54, 1.807) is 6.08 Å². The second kappa shape index (κ2) is 10.1. The molecule has 1 heterocycles. The van der Waals surface area contributed by atoms with E-state index in [1.807, 2.05) is 26.0 Å². The molecule has 0 unspecified atom stereocenters. The molecule has 1 aliphatic carbocycles. The molecule has 0 radical (unpaired) electrons. The number of nitriles is 1. The molecule has 1 aromatic heterocycles. The van der Waals surface area contributed by atoms with Crippen molar-refractivity contribution in [2.75, 3.05) is 0 Å². The van der Waals surface area contributed by atoms with Gasteiger partial charge in [0.25, 0.3) is 5.91 Å². The minimum atomic E-state index is -0.932. The first-order chi connectivity index (χ1) is 13.4. The molecule has 0 bridgehead atoms. The smallest absolute Gasteiger partial charge is 0.349 e. The third kappa shape index (κ3) is 5.48. The molecule has 2 rings (SSSR count). The number of rotatable bonds is 7. The fourth-order valence-electron chi connectivity index (χ4n) is 3.68. The number of amides is 1. The zero-order valence-electron chi connectivity index (χ0n) is 17.4. The lowest BCUT2D eigenvalue weighted by molar-refractivity contribution is -0.151. The van der Waals surface area contributed by atoms with Crippen molar-refractivity contribution in [3.63, 3.8) is 0 Å². The molecule has 0 aromatic carbocycles. The number of carbonyl (C=O) groups excluding carboxylic acids is 2. The molecule has 1 saturated carbocycles. The summed E-state index contributed by atoms with van der Waals surface area (Å²) in [7, 11) is 0. The fourth-order valence-corrected chi connectivity index (χ4v) is 3.68. The molecule has 0 aliphatic heterocycles. The number of ether oxygens (including phenoxy) is 1. The molecule has 28 heavy (non-hydrogen) atoms. The standard InChI is InChI=1S/C22H31N3O3/c1-5-11-25-15(2)12-18(16(25)3)13-19(14-23)22(27)28-17(4)21(26)24-20-9-7-6-8-10-20/h12-13,17,20H,5-11H2,1-4H3,(H,24,26)/b19-13+/t17-/m0/s1. The van der Waals surface area contributed by atoms with Crippen LogP contribution < -0.4 is 5.32 Å². The number of nitrogens with one attached hydrogen (secondary N) is 1. The lowest BCUT2D eigenvalue weighted by Gasteiger charge is -2.24. The Kier molecular flexibility index (Phi) is 7.86. The van der Waals surface area contributed by atoms with Crippen LogP contribution in [0.2, 0.25) is 0 Å². The van der Waals surface area contributed by atoms with Crippen LogP contribution in [0.1, 0.15) is 69.3 Å². The van der Waals surface area contributed by atoms with Gasteiger partial charge in [-0.3, -0.25) is 4.79 Å². The lowest BCUT2D eigenvalue weighted by atomic mass is 9.95. The predicted octanol–water partition coefficient (Wildman–Crippen LogP) is 3.80. The van der Waals surface area contributed by atoms with Gasteiger partial charge >= 0.3 is 5.97 Å². The molecule has 1 N–H and O–H groups in total. The van der Waals surface area contributed by atoms with E-state index in [0.29, 0.717) is 0 Å². The SMILES string of the molecule is CCCn1c(C)cc(/C=C(\C#N)C(=O)O[C@@H](C)C(=O)NC2CCCCC2)c1C. The maximum absolute atomic E-state index is 12.4. The van der Waals surface area contributed by atoms with Crippen LogP contribution in [0.3, 0.4) is 0 Å². The summed E-state index contributed by atoms with van der Waals surface area (Å²) in [5, 5.41) is 12.4. The van der Waals surface area contributed by atoms with Crippen molar-refractivity contribution < 1.29 is 14.3 Å². The van der Waals surface area contributed by atoms with Gasteiger partial charge in [-0.25, -0.2) is 4.79 Å². The topological polar surface area (TPSA) is 84.1 Å². The molecule has 6 heteroatoms. The summed E-state index contributed by atoms with van der Waals surface area (Å²) < 4.78 is 7.41. The number of aromatic nitrogens is 1. The summed E-state index contributed by atoms with van der Waals surface area (Å²) >= 11 is 0. The molecular formula is C22H31N3O3. The Morgan fingerprint density at radius 3 is 2.64 bits per heavy atom. The monoisotopic (exact) mass is 385 g/mol. The van der Waals surface area contributed by atoms with Crippen LogP contribution in [-0.2, 0) is 20.9 Å². The van der Waals surface area contributed by atoms with Crippen molar-refractivity contribution in [1.82, 2.24) is 9.88 Å². The minimum Gasteiger partial charge on any atom is -0.448 e. The van der Waals surface area contributed by atoms with Gasteiger partial charge in [-0.2, -0.15) is 5.26 Å². The summed E-state index contributed by atoms with van der Waals surface area (Å²) in [5.41, 5.74) is 2.80. The molecule has 1 aromatic rings. The predicted molar refractivity (Wildman–Crippen MR) is 108 cm³/mol. The van der Waals surface area contributed by atoms with E-state index < -0.39 is 12.1 Å². The second-order valence-electron chi connectivity index (χ2n) is 7.54. The van der Waals surface area contributed by atoms with Gasteiger partial charge in [0.2, 0.25) is 0 Å². The van der Waals surface area contributed by atoms with E-state index >= 15 is 0 Å². The Morgan fingerprint density at radius 2 is 2.04 bits per heavy atom. The maximum Gasteiger partial charge on any atom is 0.349 e. The Bertz CT molecular complexity index is 780. The third-order valence-electron chi connectivity index (χ3n) is 5.30. The molecule has 1 fully saturated rings. The summed E-state index contributed by atoms with van der Waals surface area (Å²) in [6.07, 6.45) is 6.95. The summed E-state index contributed by atoms with van der Waals surface area (Å²) in [5.74, 6) is -1.08. The Balaban J connectivity index is 2.04. The molecule has 0 saturated heterocycles. The molecule has 1 aliphatic rings. The second-order valence-corrected chi connectivity index (χ2v) is 7.54. The van der Waals surface area contributed by atoms with Crippen molar-refractivity contribution in [3.05, 3.63) is 28.6 Å². The van der Waals surface area contributed by atoms with E-state index in [2.05, 4.69) is 16.8 Å². The first-order valence-corrected chi connectivity index (χ1v) is 10.2. The minimum absolute atomic E-state index is 0.103. The number of hydrogen-bond acceptors (Lipinski definition) is 4. The fraction of sp³-hybridized carbons (Fsp3) is 0.591. The van der Waals surface area contributed by atoms with Crippen LogP contribution in [-0.4, -0.2) is 28.6 Å². The van der Waals surface area contributed by atoms with E-state index in [4.69, 9.17) is 4.74 Å². The summed E-state index contributed by atoms with van der Waals surface area (Å²) in [6.45, 7) is 8.50. The lowest BCUT2D eigenvalue weighted by Crippen LogP contribution is -2.42. The van der Waals surface area contributed by atoms with E-state index in [1.165, 1.54) is 13.3 Å². The van der Waals surface area contributed by atoms with Crippen molar-refractivity contribution >= 4 is 18.0 Å². The van der Waals surface area contributed by atoms with E-state index in [9.17, 15) is 14.9 Å². The van der Waals surface area contributed by atoms with Crippen molar-refractivity contribution in [1.29, 1.82) is 5.26 Å². The summed E-state index contributed by atoms with van der Waals surface area (Å²) in [6, 6.07) is 4.01. The third-order valence-corrected chi connectivity index (χ3v) is 5.30. The zero-order chi connectivity index (χ0) is 20.7. The number of carbonyl (C=O) groups is 2. The normalized spacial score (nSPS) is 16.3. The number of nitrogens with zero attached hydrogens (tertiary/aromatic N) is 2. The van der Waals surface area contributed by atoms with Gasteiger partial charge < -0.3 is 14.6 Å². The molecular weight excluding hydrogens is 354 g/mol. The van der Waals surface area contributed by atoms with Crippen LogP contribution >= 0.6 is 0 Å². The first kappa shape index (κ1) is 21.7. The van der Waals surface area contributed by atoms with Gasteiger partial charge in [0, 0.05) is 24.0 Å². The van der Waals surface area contributed by atoms with Gasteiger partial charge in [0.15, 0.2) is 6.10 Å². The van der Waals surface area contributed by atoms with Gasteiger partial charge in [0.1, 0.15) is 11.6 Å². The van der Waals surface area contributed by atoms with Crippen molar-refractivity contribution in [2.24, 2.45) is 0 Å². The molecule has 0 spiro atoms. The molecule has 1 atom stereocenters. The first-order valence-electron chi connectivity index (χ1n) is 10.2. The Hall–Kier alpha value is -2.55. The van der Waals surface area contributed by atoms with Gasteiger partial charge in [-0.15, -0.1) is 0 Å². The summed E-state index contributed by atoms with van der Waals surface area (Å²) in [4.78, 5) is 24.7. The Morgan fingerprint density at radius 1 is 1.36 bits per heavy atom. The Labute approximate surface area is 167 Å². The molecule has 152 valence electrons. The molecule has 1 amide bonds. The van der Waals surface area contributed by atoms with Crippen molar-refractivity contribution in [3.8, 4) is 6.07 Å². The number of hydrogen-bond donors (Lipinski definition) is 1. The molecule has 6 nitrogen and oxygen atoms in total. The van der Waals surface area contributed by atoms with Gasteiger partial charge in [-0.1, -0.05) is 26.2 Å². The highest BCUT2D eigenvalue weighted by Crippen LogP contribution is 2.20. The highest BCUT2D eigenvalue weighted by Gasteiger charge is 2.24. The zero-order valence-corrected chi connectivity index (χ0v) is 17.4. The van der Waals surface area contributed by atoms with E-state index in [0.717, 1.165) is 55.6 Å². The average molecular weight is 386 g/mol. The highest BCUT2D eigenvalue weighted by molar-refractivity contribution is 5.99. The quantitative estimate of drug-likeness (QED) is 0.439. The van der Waals surface area contributed by atoms with Gasteiger partial charge in [0.05, 0.1) is 0 Å². The number of esters is 1. The maximum atomic E-state index is 12.4. The van der Waals surface area contributed by atoms with Crippen LogP contribution in [0.5, 0.6) is 0 Å². The van der Waals surface area contributed by atoms with Crippen LogP contribution in [0.4, 0.5) is 0 Å². The van der Waals surface area contributed by atoms with Gasteiger partial charge in [-0.05, 0) is 57.7 Å².